The third-order valence-corrected chi connectivity index (χ3v) is 9.84. The van der Waals surface area contributed by atoms with Crippen LogP contribution in [0.1, 0.15) is 72.5 Å². The van der Waals surface area contributed by atoms with Gasteiger partial charge in [-0.1, -0.05) is 88.4 Å². The second-order valence-corrected chi connectivity index (χ2v) is 15.5. The van der Waals surface area contributed by atoms with Gasteiger partial charge in [0.15, 0.2) is 0 Å². The monoisotopic (exact) mass is 720 g/mol. The number of sulfonamides is 1. The number of hydrogen-bond donors (Lipinski definition) is 5. The first-order chi connectivity index (χ1) is 24.0. The first kappa shape index (κ1) is 40.7. The van der Waals surface area contributed by atoms with Crippen molar-refractivity contribution in [1.82, 2.24) is 26.6 Å². The maximum atomic E-state index is 14.0. The first-order valence-electron chi connectivity index (χ1n) is 17.1. The molecule has 0 heterocycles. The molecule has 0 aromatic heterocycles. The molecule has 276 valence electrons. The quantitative estimate of drug-likeness (QED) is 0.143. The number of rotatable bonds is 17. The molecule has 0 aliphatic rings. The molecule has 0 radical (unpaired) electrons. The largest absolute Gasteiger partial charge is 0.357 e. The van der Waals surface area contributed by atoms with Crippen LogP contribution in [-0.4, -0.2) is 77.1 Å². The van der Waals surface area contributed by atoms with Gasteiger partial charge >= 0.3 is 0 Å². The van der Waals surface area contributed by atoms with E-state index in [-0.39, 0.29) is 53.1 Å². The highest BCUT2D eigenvalue weighted by Gasteiger charge is 2.30. The van der Waals surface area contributed by atoms with Gasteiger partial charge in [-0.3, -0.25) is 23.5 Å². The van der Waals surface area contributed by atoms with E-state index in [4.69, 9.17) is 0 Å². The van der Waals surface area contributed by atoms with Crippen molar-refractivity contribution in [2.45, 2.75) is 65.2 Å². The van der Waals surface area contributed by atoms with Crippen LogP contribution in [0.5, 0.6) is 0 Å². The second kappa shape index (κ2) is 18.5. The Hall–Kier alpha value is -4.75. The van der Waals surface area contributed by atoms with Gasteiger partial charge in [-0.25, -0.2) is 8.42 Å². The van der Waals surface area contributed by atoms with Gasteiger partial charge in [0.05, 0.1) is 24.0 Å². The Labute approximate surface area is 302 Å². The van der Waals surface area contributed by atoms with Crippen LogP contribution >= 0.6 is 0 Å². The fraction of sp³-hybridized carbons (Fsp3) is 0.421. The number of carbonyl (C=O) groups excluding carboxylic acids is 4. The fourth-order valence-corrected chi connectivity index (χ4v) is 6.02. The molecule has 13 heteroatoms. The third kappa shape index (κ3) is 11.9. The molecule has 3 aromatic rings. The van der Waals surface area contributed by atoms with E-state index in [2.05, 4.69) is 26.6 Å². The first-order valence-corrected chi connectivity index (χ1v) is 18.9. The van der Waals surface area contributed by atoms with Crippen molar-refractivity contribution in [2.24, 2.45) is 11.8 Å². The third-order valence-electron chi connectivity index (χ3n) is 8.64. The Morgan fingerprint density at radius 2 is 1.24 bits per heavy atom. The van der Waals surface area contributed by atoms with E-state index in [9.17, 15) is 27.6 Å². The predicted molar refractivity (Wildman–Crippen MR) is 201 cm³/mol. The molecule has 0 aliphatic carbocycles. The topological polar surface area (TPSA) is 166 Å². The molecule has 51 heavy (non-hydrogen) atoms. The van der Waals surface area contributed by atoms with E-state index in [1.54, 1.807) is 0 Å². The smallest absolute Gasteiger partial charge is 0.251 e. The lowest BCUT2D eigenvalue weighted by Gasteiger charge is -2.28. The van der Waals surface area contributed by atoms with Crippen LogP contribution in [0.2, 0.25) is 0 Å². The van der Waals surface area contributed by atoms with E-state index in [1.807, 2.05) is 95.3 Å². The zero-order valence-electron chi connectivity index (χ0n) is 30.7. The zero-order chi connectivity index (χ0) is 37.9. The number of anilines is 1. The number of nitrogens with zero attached hydrogens (tertiary/aromatic N) is 1. The predicted octanol–water partition coefficient (Wildman–Crippen LogP) is 3.42. The normalized spacial score (nSPS) is 13.8. The van der Waals surface area contributed by atoms with Crippen molar-refractivity contribution >= 4 is 39.3 Å². The van der Waals surface area contributed by atoms with Crippen molar-refractivity contribution in [3.05, 3.63) is 101 Å². The van der Waals surface area contributed by atoms with Crippen LogP contribution < -0.4 is 30.9 Å². The van der Waals surface area contributed by atoms with Gasteiger partial charge in [-0.05, 0) is 54.5 Å². The lowest BCUT2D eigenvalue weighted by atomic mass is 9.98. The van der Waals surface area contributed by atoms with Gasteiger partial charge in [0.1, 0.15) is 6.04 Å². The summed E-state index contributed by atoms with van der Waals surface area (Å²) in [6.07, 6.45) is 1.45. The van der Waals surface area contributed by atoms with Gasteiger partial charge in [0.2, 0.25) is 21.8 Å². The molecule has 3 rings (SSSR count). The molecule has 0 saturated heterocycles. The van der Waals surface area contributed by atoms with Crippen LogP contribution in [0.4, 0.5) is 5.69 Å². The van der Waals surface area contributed by atoms with Crippen molar-refractivity contribution < 1.29 is 27.6 Å². The lowest BCUT2D eigenvalue weighted by molar-refractivity contribution is -0.131. The number of nitrogens with one attached hydrogen (secondary N) is 5. The van der Waals surface area contributed by atoms with Crippen LogP contribution in [0.25, 0.3) is 0 Å². The summed E-state index contributed by atoms with van der Waals surface area (Å²) < 4.78 is 26.0. The molecule has 0 spiro atoms. The Balaban J connectivity index is 1.92. The fourth-order valence-electron chi connectivity index (χ4n) is 5.53. The molecular formula is C38H52N6O6S. The van der Waals surface area contributed by atoms with Crippen molar-refractivity contribution in [2.75, 3.05) is 31.2 Å². The lowest BCUT2D eigenvalue weighted by Crippen LogP contribution is -2.57. The minimum Gasteiger partial charge on any atom is -0.357 e. The molecule has 4 atom stereocenters. The maximum absolute atomic E-state index is 14.0. The van der Waals surface area contributed by atoms with Gasteiger partial charge in [0, 0.05) is 37.8 Å². The summed E-state index contributed by atoms with van der Waals surface area (Å²) in [6, 6.07) is 20.9. The van der Waals surface area contributed by atoms with E-state index >= 15 is 0 Å². The number of amides is 4. The summed E-state index contributed by atoms with van der Waals surface area (Å²) in [6.45, 7) is 9.51. The molecule has 0 fully saturated rings. The van der Waals surface area contributed by atoms with E-state index in [1.165, 1.54) is 32.3 Å². The van der Waals surface area contributed by atoms with Crippen molar-refractivity contribution in [3.63, 3.8) is 0 Å². The number of likely N-dealkylation sites (N-methyl/N-ethyl adjacent to an activating group) is 1. The molecule has 0 unspecified atom stereocenters. The van der Waals surface area contributed by atoms with Gasteiger partial charge in [-0.15, -0.1) is 0 Å². The average Bonchev–Trinajstić information content (AvgIpc) is 3.09. The highest BCUT2D eigenvalue weighted by atomic mass is 32.2. The van der Waals surface area contributed by atoms with E-state index < -0.39 is 40.0 Å². The van der Waals surface area contributed by atoms with Crippen molar-refractivity contribution in [1.29, 1.82) is 0 Å². The average molecular weight is 721 g/mol. The molecule has 0 aliphatic heterocycles. The number of hydrogen-bond acceptors (Lipinski definition) is 7. The number of benzene rings is 3. The molecular weight excluding hydrogens is 669 g/mol. The summed E-state index contributed by atoms with van der Waals surface area (Å²) in [7, 11) is -0.852. The Kier molecular flexibility index (Phi) is 14.7. The van der Waals surface area contributed by atoms with Gasteiger partial charge < -0.3 is 26.6 Å². The summed E-state index contributed by atoms with van der Waals surface area (Å²) in [5, 5.41) is 14.7. The summed E-state index contributed by atoms with van der Waals surface area (Å²) >= 11 is 0. The minimum atomic E-state index is -3.73. The van der Waals surface area contributed by atoms with Crippen LogP contribution in [-0.2, 0) is 26.0 Å². The van der Waals surface area contributed by atoms with E-state index in [0.29, 0.717) is 6.42 Å². The van der Waals surface area contributed by atoms with E-state index in [0.717, 1.165) is 21.7 Å². The zero-order valence-corrected chi connectivity index (χ0v) is 31.5. The minimum absolute atomic E-state index is 0.0853. The molecule has 5 N–H and O–H groups in total. The SMILES string of the molecule is CNC(=O)[C@@H](NC(=O)[C@@H](NC[C@H](Cc1ccccc1)NC(=O)c1cc(C(=O)N[C@H](C)c2ccccc2)cc(N(C)S(C)(=O)=O)c1)C(C)C)C(C)C. The Morgan fingerprint density at radius 1 is 0.706 bits per heavy atom. The van der Waals surface area contributed by atoms with Crippen molar-refractivity contribution in [3.8, 4) is 0 Å². The van der Waals surface area contributed by atoms with Crippen LogP contribution in [0.15, 0.2) is 78.9 Å². The standard InChI is InChI=1S/C38H52N6O6S/c1-24(2)33(38(48)43-34(25(3)4)37(47)39-6)40-23-31(19-27-15-11-9-12-16-27)42-36(46)30-20-29(21-32(22-30)44(7)51(8,49)50)35(45)41-26(5)28-17-13-10-14-18-28/h9-18,20-22,24-26,31,33-34,40H,19,23H2,1-8H3,(H,39,47)(H,41,45)(H,42,46)(H,43,48)/t26-,31+,33+,34+/m1/s1. The summed E-state index contributed by atoms with van der Waals surface area (Å²) in [4.78, 5) is 53.4. The number of carbonyl (C=O) groups is 4. The second-order valence-electron chi connectivity index (χ2n) is 13.4. The molecule has 3 aromatic carbocycles. The van der Waals surface area contributed by atoms with Gasteiger partial charge in [-0.2, -0.15) is 0 Å². The highest BCUT2D eigenvalue weighted by molar-refractivity contribution is 7.92. The summed E-state index contributed by atoms with van der Waals surface area (Å²) in [5.41, 5.74) is 2.16. The molecule has 12 nitrogen and oxygen atoms in total. The van der Waals surface area contributed by atoms with Crippen LogP contribution in [0.3, 0.4) is 0 Å². The van der Waals surface area contributed by atoms with Gasteiger partial charge in [0.25, 0.3) is 11.8 Å². The Morgan fingerprint density at radius 3 is 1.75 bits per heavy atom. The van der Waals surface area contributed by atoms with Crippen LogP contribution in [0, 0.1) is 11.8 Å². The molecule has 4 amide bonds. The highest BCUT2D eigenvalue weighted by Crippen LogP contribution is 2.22. The summed E-state index contributed by atoms with van der Waals surface area (Å²) in [5.74, 6) is -1.93. The molecule has 0 bridgehead atoms. The Bertz CT molecular complexity index is 1750. The molecule has 0 saturated carbocycles. The maximum Gasteiger partial charge on any atom is 0.251 e.